The van der Waals surface area contributed by atoms with Crippen molar-refractivity contribution in [2.75, 3.05) is 7.05 Å². The Bertz CT molecular complexity index is 590. The molecule has 1 unspecified atom stereocenters. The number of thiophene rings is 1. The van der Waals surface area contributed by atoms with Crippen LogP contribution in [0.5, 0.6) is 0 Å². The molecule has 0 aliphatic rings. The van der Waals surface area contributed by atoms with Crippen molar-refractivity contribution in [2.24, 2.45) is 0 Å². The molecule has 2 rings (SSSR count). The van der Waals surface area contributed by atoms with Crippen molar-refractivity contribution >= 4 is 38.9 Å². The van der Waals surface area contributed by atoms with Gasteiger partial charge < -0.3 is 5.32 Å². The fourth-order valence-electron chi connectivity index (χ4n) is 1.95. The molecular formula is C14H12BrClF3NS. The van der Waals surface area contributed by atoms with Gasteiger partial charge in [-0.3, -0.25) is 0 Å². The molecule has 1 aromatic carbocycles. The van der Waals surface area contributed by atoms with Crippen LogP contribution >= 0.6 is 38.9 Å². The Kier molecular flexibility index (Phi) is 5.35. The summed E-state index contributed by atoms with van der Waals surface area (Å²) in [6.45, 7) is 0. The van der Waals surface area contributed by atoms with E-state index in [1.165, 1.54) is 23.5 Å². The molecule has 0 fully saturated rings. The average molecular weight is 399 g/mol. The van der Waals surface area contributed by atoms with Gasteiger partial charge in [-0.2, -0.15) is 13.2 Å². The van der Waals surface area contributed by atoms with Crippen LogP contribution < -0.4 is 5.32 Å². The predicted molar refractivity (Wildman–Crippen MR) is 84.0 cm³/mol. The molecule has 0 saturated carbocycles. The molecule has 0 bridgehead atoms. The zero-order chi connectivity index (χ0) is 15.6. The second-order valence-electron chi connectivity index (χ2n) is 4.51. The number of nitrogens with one attached hydrogen (secondary N) is 1. The molecule has 0 spiro atoms. The lowest BCUT2D eigenvalue weighted by Crippen LogP contribution is -2.17. The Labute approximate surface area is 138 Å². The molecule has 1 heterocycles. The molecule has 1 N–H and O–H groups in total. The van der Waals surface area contributed by atoms with Crippen LogP contribution in [0.15, 0.2) is 34.8 Å². The maximum absolute atomic E-state index is 12.5. The summed E-state index contributed by atoms with van der Waals surface area (Å²) in [4.78, 5) is 1.04. The topological polar surface area (TPSA) is 12.0 Å². The summed E-state index contributed by atoms with van der Waals surface area (Å²) in [6, 6.07) is 7.18. The van der Waals surface area contributed by atoms with E-state index in [0.717, 1.165) is 27.0 Å². The average Bonchev–Trinajstić information content (AvgIpc) is 2.75. The maximum Gasteiger partial charge on any atom is 0.416 e. The van der Waals surface area contributed by atoms with Gasteiger partial charge >= 0.3 is 6.18 Å². The van der Waals surface area contributed by atoms with Gasteiger partial charge in [0.1, 0.15) is 4.34 Å². The van der Waals surface area contributed by atoms with Crippen LogP contribution in [-0.4, -0.2) is 7.05 Å². The van der Waals surface area contributed by atoms with Gasteiger partial charge in [0.2, 0.25) is 0 Å². The first-order valence-corrected chi connectivity index (χ1v) is 8.08. The summed E-state index contributed by atoms with van der Waals surface area (Å²) in [7, 11) is 1.82. The summed E-state index contributed by atoms with van der Waals surface area (Å²) in [5, 5.41) is 3.16. The summed E-state index contributed by atoms with van der Waals surface area (Å²) in [5.41, 5.74) is 0.206. The van der Waals surface area contributed by atoms with E-state index in [4.69, 9.17) is 11.6 Å². The molecular weight excluding hydrogens is 387 g/mol. The minimum atomic E-state index is -4.30. The first-order valence-electron chi connectivity index (χ1n) is 6.09. The van der Waals surface area contributed by atoms with Crippen molar-refractivity contribution in [3.8, 4) is 0 Å². The molecule has 0 aliphatic carbocycles. The number of hydrogen-bond donors (Lipinski definition) is 1. The lowest BCUT2D eigenvalue weighted by molar-refractivity contribution is -0.137. The molecule has 7 heteroatoms. The SMILES string of the molecule is CNC(Cc1ccc(C(F)(F)F)cc1)c1cc(Br)c(Cl)s1. The van der Waals surface area contributed by atoms with Gasteiger partial charge in [-0.1, -0.05) is 23.7 Å². The van der Waals surface area contributed by atoms with E-state index in [1.807, 2.05) is 13.1 Å². The molecule has 114 valence electrons. The Hall–Kier alpha value is -0.560. The van der Waals surface area contributed by atoms with E-state index in [9.17, 15) is 13.2 Å². The van der Waals surface area contributed by atoms with Crippen LogP contribution in [0, 0.1) is 0 Å². The van der Waals surface area contributed by atoms with Crippen LogP contribution in [-0.2, 0) is 12.6 Å². The summed E-state index contributed by atoms with van der Waals surface area (Å²) >= 11 is 10.8. The van der Waals surface area contributed by atoms with Gasteiger partial charge in [-0.15, -0.1) is 11.3 Å². The van der Waals surface area contributed by atoms with E-state index < -0.39 is 11.7 Å². The highest BCUT2D eigenvalue weighted by molar-refractivity contribution is 9.10. The van der Waals surface area contributed by atoms with Crippen molar-refractivity contribution in [1.29, 1.82) is 0 Å². The Balaban J connectivity index is 2.15. The largest absolute Gasteiger partial charge is 0.416 e. The normalized spacial score (nSPS) is 13.4. The van der Waals surface area contributed by atoms with Gasteiger partial charge in [-0.25, -0.2) is 0 Å². The summed E-state index contributed by atoms with van der Waals surface area (Å²) in [6.07, 6.45) is -3.70. The van der Waals surface area contributed by atoms with E-state index in [-0.39, 0.29) is 6.04 Å². The van der Waals surface area contributed by atoms with Crippen LogP contribution in [0.3, 0.4) is 0 Å². The van der Waals surface area contributed by atoms with Crippen molar-refractivity contribution in [3.05, 3.63) is 55.1 Å². The van der Waals surface area contributed by atoms with Crippen molar-refractivity contribution in [3.63, 3.8) is 0 Å². The molecule has 1 nitrogen and oxygen atoms in total. The molecule has 0 amide bonds. The number of rotatable bonds is 4. The Morgan fingerprint density at radius 1 is 1.29 bits per heavy atom. The third-order valence-electron chi connectivity index (χ3n) is 3.08. The Morgan fingerprint density at radius 2 is 1.90 bits per heavy atom. The van der Waals surface area contributed by atoms with Crippen LogP contribution in [0.4, 0.5) is 13.2 Å². The molecule has 0 radical (unpaired) electrons. The fourth-order valence-corrected chi connectivity index (χ4v) is 3.79. The van der Waals surface area contributed by atoms with E-state index in [0.29, 0.717) is 10.8 Å². The summed E-state index contributed by atoms with van der Waals surface area (Å²) in [5.74, 6) is 0. The smallest absolute Gasteiger partial charge is 0.312 e. The number of alkyl halides is 3. The monoisotopic (exact) mass is 397 g/mol. The quantitative estimate of drug-likeness (QED) is 0.698. The number of halogens is 5. The molecule has 0 saturated heterocycles. The number of hydrogen-bond acceptors (Lipinski definition) is 2. The second kappa shape index (κ2) is 6.69. The molecule has 21 heavy (non-hydrogen) atoms. The van der Waals surface area contributed by atoms with Gasteiger partial charge in [0, 0.05) is 15.4 Å². The molecule has 1 aromatic heterocycles. The second-order valence-corrected chi connectivity index (χ2v) is 7.05. The van der Waals surface area contributed by atoms with Gasteiger partial charge in [0.05, 0.1) is 5.56 Å². The fraction of sp³-hybridized carbons (Fsp3) is 0.286. The molecule has 0 aliphatic heterocycles. The standard InChI is InChI=1S/C14H12BrClF3NS/c1-20-11(12-7-10(15)13(16)21-12)6-8-2-4-9(5-3-8)14(17,18)19/h2-5,7,11,20H,6H2,1H3. The van der Waals surface area contributed by atoms with Crippen LogP contribution in [0.25, 0.3) is 0 Å². The lowest BCUT2D eigenvalue weighted by Gasteiger charge is -2.15. The van der Waals surface area contributed by atoms with Crippen molar-refractivity contribution in [1.82, 2.24) is 5.32 Å². The lowest BCUT2D eigenvalue weighted by atomic mass is 10.0. The van der Waals surface area contributed by atoms with Crippen molar-refractivity contribution < 1.29 is 13.2 Å². The van der Waals surface area contributed by atoms with Gasteiger partial charge in [0.25, 0.3) is 0 Å². The summed E-state index contributed by atoms with van der Waals surface area (Å²) < 4.78 is 39.1. The highest BCUT2D eigenvalue weighted by Gasteiger charge is 2.30. The highest BCUT2D eigenvalue weighted by atomic mass is 79.9. The van der Waals surface area contributed by atoms with Gasteiger partial charge in [0.15, 0.2) is 0 Å². The van der Waals surface area contributed by atoms with E-state index in [1.54, 1.807) is 0 Å². The first kappa shape index (κ1) is 16.8. The number of benzene rings is 1. The third-order valence-corrected chi connectivity index (χ3v) is 5.67. The predicted octanol–water partition coefficient (Wildman–Crippen LogP) is 5.69. The Morgan fingerprint density at radius 3 is 2.33 bits per heavy atom. The minimum Gasteiger partial charge on any atom is -0.312 e. The van der Waals surface area contributed by atoms with Crippen LogP contribution in [0.2, 0.25) is 4.34 Å². The van der Waals surface area contributed by atoms with Gasteiger partial charge in [-0.05, 0) is 53.2 Å². The third kappa shape index (κ3) is 4.22. The van der Waals surface area contributed by atoms with Crippen molar-refractivity contribution in [2.45, 2.75) is 18.6 Å². The minimum absolute atomic E-state index is 0.00976. The zero-order valence-corrected chi connectivity index (χ0v) is 14.1. The van der Waals surface area contributed by atoms with E-state index >= 15 is 0 Å². The number of likely N-dealkylation sites (N-methyl/N-ethyl adjacent to an activating group) is 1. The molecule has 1 atom stereocenters. The first-order chi connectivity index (χ1) is 9.81. The zero-order valence-electron chi connectivity index (χ0n) is 11.0. The van der Waals surface area contributed by atoms with Crippen LogP contribution in [0.1, 0.15) is 22.0 Å². The maximum atomic E-state index is 12.5. The molecule has 2 aromatic rings. The highest BCUT2D eigenvalue weighted by Crippen LogP contribution is 2.36. The van der Waals surface area contributed by atoms with E-state index in [2.05, 4.69) is 21.2 Å².